The first-order chi connectivity index (χ1) is 10.2. The minimum atomic E-state index is -0.508. The third-order valence-corrected chi connectivity index (χ3v) is 3.84. The maximum Gasteiger partial charge on any atom is 0.254 e. The van der Waals surface area contributed by atoms with Crippen LogP contribution in [0.5, 0.6) is 5.75 Å². The standard InChI is InChI=1S/C17H16FNO2/c1-21-15-9-5-3-7-13(15)17(10-11-17)19-16(20)12-6-2-4-8-14(12)18/h2-9H,10-11H2,1H3,(H,19,20). The zero-order valence-corrected chi connectivity index (χ0v) is 11.7. The summed E-state index contributed by atoms with van der Waals surface area (Å²) in [6.07, 6.45) is 1.65. The average Bonchev–Trinajstić information content (AvgIpc) is 3.28. The van der Waals surface area contributed by atoms with Gasteiger partial charge in [-0.15, -0.1) is 0 Å². The monoisotopic (exact) mass is 285 g/mol. The van der Waals surface area contributed by atoms with Crippen molar-refractivity contribution >= 4 is 5.91 Å². The van der Waals surface area contributed by atoms with Crippen molar-refractivity contribution in [3.63, 3.8) is 0 Å². The normalized spacial score (nSPS) is 15.3. The summed E-state index contributed by atoms with van der Waals surface area (Å²) < 4.78 is 19.1. The lowest BCUT2D eigenvalue weighted by Gasteiger charge is -2.20. The van der Waals surface area contributed by atoms with Crippen LogP contribution in [0.1, 0.15) is 28.8 Å². The number of rotatable bonds is 4. The molecule has 0 atom stereocenters. The number of para-hydroxylation sites is 1. The van der Waals surface area contributed by atoms with Gasteiger partial charge in [-0.3, -0.25) is 4.79 Å². The Morgan fingerprint density at radius 3 is 2.48 bits per heavy atom. The average molecular weight is 285 g/mol. The summed E-state index contributed by atoms with van der Waals surface area (Å²) in [4.78, 5) is 12.3. The van der Waals surface area contributed by atoms with Gasteiger partial charge in [0, 0.05) is 5.56 Å². The molecule has 0 heterocycles. The van der Waals surface area contributed by atoms with Crippen LogP contribution >= 0.6 is 0 Å². The molecule has 3 nitrogen and oxygen atoms in total. The Balaban J connectivity index is 1.88. The van der Waals surface area contributed by atoms with Crippen molar-refractivity contribution < 1.29 is 13.9 Å². The number of hydrogen-bond acceptors (Lipinski definition) is 2. The molecule has 0 spiro atoms. The number of methoxy groups -OCH3 is 1. The van der Waals surface area contributed by atoms with Gasteiger partial charge >= 0.3 is 0 Å². The third kappa shape index (κ3) is 2.49. The molecule has 4 heteroatoms. The van der Waals surface area contributed by atoms with Gasteiger partial charge in [-0.05, 0) is 31.0 Å². The molecule has 0 bridgehead atoms. The van der Waals surface area contributed by atoms with Crippen molar-refractivity contribution in [1.82, 2.24) is 5.32 Å². The van der Waals surface area contributed by atoms with E-state index in [2.05, 4.69) is 5.32 Å². The molecule has 1 fully saturated rings. The Kier molecular flexibility index (Phi) is 3.37. The molecule has 0 unspecified atom stereocenters. The Bertz CT molecular complexity index is 680. The topological polar surface area (TPSA) is 38.3 Å². The fourth-order valence-electron chi connectivity index (χ4n) is 2.56. The zero-order chi connectivity index (χ0) is 14.9. The SMILES string of the molecule is COc1ccccc1C1(NC(=O)c2ccccc2F)CC1. The highest BCUT2D eigenvalue weighted by Crippen LogP contribution is 2.49. The van der Waals surface area contributed by atoms with Crippen molar-refractivity contribution in [2.75, 3.05) is 7.11 Å². The second-order valence-corrected chi connectivity index (χ2v) is 5.22. The molecule has 0 aliphatic heterocycles. The van der Waals surface area contributed by atoms with Crippen LogP contribution in [0.25, 0.3) is 0 Å². The largest absolute Gasteiger partial charge is 0.496 e. The Morgan fingerprint density at radius 2 is 1.81 bits per heavy atom. The highest BCUT2D eigenvalue weighted by molar-refractivity contribution is 5.95. The number of nitrogens with one attached hydrogen (secondary N) is 1. The van der Waals surface area contributed by atoms with E-state index in [1.807, 2.05) is 24.3 Å². The summed E-state index contributed by atoms with van der Waals surface area (Å²) in [6.45, 7) is 0. The van der Waals surface area contributed by atoms with Crippen LogP contribution in [0.3, 0.4) is 0 Å². The molecule has 3 rings (SSSR count). The molecule has 1 saturated carbocycles. The van der Waals surface area contributed by atoms with Gasteiger partial charge in [0.25, 0.3) is 5.91 Å². The third-order valence-electron chi connectivity index (χ3n) is 3.84. The summed E-state index contributed by atoms with van der Waals surface area (Å²) in [5.41, 5.74) is 0.572. The molecule has 1 amide bonds. The maximum absolute atomic E-state index is 13.7. The van der Waals surface area contributed by atoms with Gasteiger partial charge in [0.1, 0.15) is 11.6 Å². The van der Waals surface area contributed by atoms with Crippen molar-refractivity contribution in [3.05, 3.63) is 65.5 Å². The van der Waals surface area contributed by atoms with Crippen LogP contribution in [0.4, 0.5) is 4.39 Å². The molecular weight excluding hydrogens is 269 g/mol. The summed E-state index contributed by atoms with van der Waals surface area (Å²) in [7, 11) is 1.60. The van der Waals surface area contributed by atoms with E-state index >= 15 is 0 Å². The first-order valence-electron chi connectivity index (χ1n) is 6.87. The Labute approximate surface area is 122 Å². The second-order valence-electron chi connectivity index (χ2n) is 5.22. The highest BCUT2D eigenvalue weighted by Gasteiger charge is 2.47. The van der Waals surface area contributed by atoms with Gasteiger partial charge < -0.3 is 10.1 Å². The highest BCUT2D eigenvalue weighted by atomic mass is 19.1. The van der Waals surface area contributed by atoms with Gasteiger partial charge in [0.2, 0.25) is 0 Å². The summed E-state index contributed by atoms with van der Waals surface area (Å²) in [5, 5.41) is 2.96. The van der Waals surface area contributed by atoms with Crippen LogP contribution in [0, 0.1) is 5.82 Å². The van der Waals surface area contributed by atoms with Crippen LogP contribution in [-0.4, -0.2) is 13.0 Å². The first kappa shape index (κ1) is 13.6. The predicted octanol–water partition coefficient (Wildman–Crippen LogP) is 3.25. The van der Waals surface area contributed by atoms with Crippen molar-refractivity contribution in [1.29, 1.82) is 0 Å². The molecule has 1 aliphatic carbocycles. The van der Waals surface area contributed by atoms with Gasteiger partial charge in [-0.25, -0.2) is 4.39 Å². The number of halogens is 1. The molecule has 0 radical (unpaired) electrons. The number of carbonyl (C=O) groups excluding carboxylic acids is 1. The van der Waals surface area contributed by atoms with Gasteiger partial charge in [0.15, 0.2) is 0 Å². The van der Waals surface area contributed by atoms with E-state index in [1.54, 1.807) is 19.2 Å². The number of benzene rings is 2. The molecule has 0 saturated heterocycles. The minimum absolute atomic E-state index is 0.0682. The maximum atomic E-state index is 13.7. The van der Waals surface area contributed by atoms with E-state index in [0.29, 0.717) is 0 Å². The lowest BCUT2D eigenvalue weighted by molar-refractivity contribution is 0.0926. The Morgan fingerprint density at radius 1 is 1.14 bits per heavy atom. The van der Waals surface area contributed by atoms with Gasteiger partial charge in [0.05, 0.1) is 18.2 Å². The summed E-state index contributed by atoms with van der Waals surface area (Å²) in [5.74, 6) is -0.161. The predicted molar refractivity (Wildman–Crippen MR) is 77.8 cm³/mol. The first-order valence-corrected chi connectivity index (χ1v) is 6.87. The van der Waals surface area contributed by atoms with E-state index in [1.165, 1.54) is 12.1 Å². The number of amides is 1. The van der Waals surface area contributed by atoms with E-state index in [-0.39, 0.29) is 5.56 Å². The molecule has 1 N–H and O–H groups in total. The Hall–Kier alpha value is -2.36. The van der Waals surface area contributed by atoms with E-state index in [9.17, 15) is 9.18 Å². The van der Waals surface area contributed by atoms with Gasteiger partial charge in [-0.1, -0.05) is 30.3 Å². The van der Waals surface area contributed by atoms with Crippen LogP contribution in [0.2, 0.25) is 0 Å². The van der Waals surface area contributed by atoms with Crippen LogP contribution in [-0.2, 0) is 5.54 Å². The summed E-state index contributed by atoms with van der Waals surface area (Å²) in [6, 6.07) is 13.6. The fourth-order valence-corrected chi connectivity index (χ4v) is 2.56. The van der Waals surface area contributed by atoms with E-state index in [4.69, 9.17) is 4.74 Å². The molecule has 2 aromatic carbocycles. The van der Waals surface area contributed by atoms with E-state index < -0.39 is 17.3 Å². The molecule has 2 aromatic rings. The van der Waals surface area contributed by atoms with Gasteiger partial charge in [-0.2, -0.15) is 0 Å². The fraction of sp³-hybridized carbons (Fsp3) is 0.235. The van der Waals surface area contributed by atoms with Crippen LogP contribution in [0.15, 0.2) is 48.5 Å². The van der Waals surface area contributed by atoms with Crippen LogP contribution < -0.4 is 10.1 Å². The molecule has 108 valence electrons. The second kappa shape index (κ2) is 5.20. The molecule has 1 aliphatic rings. The van der Waals surface area contributed by atoms with E-state index in [0.717, 1.165) is 24.2 Å². The molecular formula is C17H16FNO2. The molecule has 21 heavy (non-hydrogen) atoms. The lowest BCUT2D eigenvalue weighted by Crippen LogP contribution is -2.35. The smallest absolute Gasteiger partial charge is 0.254 e. The number of ether oxygens (including phenoxy) is 1. The lowest BCUT2D eigenvalue weighted by atomic mass is 10.0. The zero-order valence-electron chi connectivity index (χ0n) is 11.7. The summed E-state index contributed by atoms with van der Waals surface area (Å²) >= 11 is 0. The van der Waals surface area contributed by atoms with Crippen molar-refractivity contribution in [3.8, 4) is 5.75 Å². The minimum Gasteiger partial charge on any atom is -0.496 e. The number of hydrogen-bond donors (Lipinski definition) is 1. The quantitative estimate of drug-likeness (QED) is 0.936. The number of carbonyl (C=O) groups is 1. The van der Waals surface area contributed by atoms with Crippen molar-refractivity contribution in [2.24, 2.45) is 0 Å². The molecule has 0 aromatic heterocycles. The van der Waals surface area contributed by atoms with Crippen molar-refractivity contribution in [2.45, 2.75) is 18.4 Å².